The molecule has 8 heteroatoms. The van der Waals surface area contributed by atoms with Crippen molar-refractivity contribution < 1.29 is 5.11 Å². The van der Waals surface area contributed by atoms with E-state index in [1.54, 1.807) is 23.9 Å². The molecule has 0 aromatic carbocycles. The van der Waals surface area contributed by atoms with E-state index in [2.05, 4.69) is 15.1 Å². The number of aliphatic hydroxyl groups excluding tert-OH is 1. The van der Waals surface area contributed by atoms with E-state index in [0.29, 0.717) is 28.2 Å². The fourth-order valence-electron chi connectivity index (χ4n) is 3.65. The van der Waals surface area contributed by atoms with Gasteiger partial charge in [-0.05, 0) is 38.0 Å². The second kappa shape index (κ2) is 7.14. The number of nitrogens with zero attached hydrogens (tertiary/aromatic N) is 6. The first-order chi connectivity index (χ1) is 14.5. The summed E-state index contributed by atoms with van der Waals surface area (Å²) in [6.45, 7) is 1.82. The highest BCUT2D eigenvalue weighted by Gasteiger charge is 2.24. The monoisotopic (exact) mass is 402 g/mol. The van der Waals surface area contributed by atoms with Gasteiger partial charge in [-0.15, -0.1) is 0 Å². The summed E-state index contributed by atoms with van der Waals surface area (Å²) in [6, 6.07) is 5.81. The minimum Gasteiger partial charge on any atom is -0.392 e. The van der Waals surface area contributed by atoms with Crippen molar-refractivity contribution in [1.82, 2.24) is 29.3 Å². The average Bonchev–Trinajstić information content (AvgIpc) is 3.50. The maximum Gasteiger partial charge on any atom is 0.261 e. The molecule has 1 N–H and O–H groups in total. The zero-order chi connectivity index (χ0) is 20.8. The van der Waals surface area contributed by atoms with Crippen LogP contribution >= 0.6 is 0 Å². The van der Waals surface area contributed by atoms with Crippen LogP contribution in [0.4, 0.5) is 0 Å². The van der Waals surface area contributed by atoms with Crippen LogP contribution in [-0.4, -0.2) is 40.5 Å². The second-order valence-electron chi connectivity index (χ2n) is 7.95. The number of aryl methyl sites for hydroxylation is 1. The van der Waals surface area contributed by atoms with E-state index in [-0.39, 0.29) is 12.1 Å². The Morgan fingerprint density at radius 3 is 2.67 bits per heavy atom. The standard InChI is InChI=1S/C22H22N6O2/c1-13(29)10-28-12-24-21-17(22(28)30)7-19(26-20(21)16-9-25-27(2)11-16)15-5-6-18(23-8-15)14-3-4-14/h5-9,11-14,29H,3-4,10H2,1-2H3/t13-/m0/s1. The first-order valence-electron chi connectivity index (χ1n) is 10.0. The van der Waals surface area contributed by atoms with E-state index >= 15 is 0 Å². The molecule has 30 heavy (non-hydrogen) atoms. The molecule has 0 radical (unpaired) electrons. The minimum atomic E-state index is -0.653. The van der Waals surface area contributed by atoms with Crippen molar-refractivity contribution in [2.75, 3.05) is 0 Å². The van der Waals surface area contributed by atoms with Gasteiger partial charge in [-0.3, -0.25) is 19.0 Å². The van der Waals surface area contributed by atoms with Crippen molar-refractivity contribution >= 4 is 10.9 Å². The lowest BCUT2D eigenvalue weighted by molar-refractivity contribution is 0.172. The highest BCUT2D eigenvalue weighted by atomic mass is 16.3. The Kier molecular flexibility index (Phi) is 4.43. The normalized spacial score (nSPS) is 14.9. The highest BCUT2D eigenvalue weighted by molar-refractivity contribution is 5.93. The molecule has 4 aromatic rings. The molecule has 1 fully saturated rings. The summed E-state index contributed by atoms with van der Waals surface area (Å²) in [5, 5.41) is 14.4. The molecule has 0 spiro atoms. The average molecular weight is 402 g/mol. The summed E-state index contributed by atoms with van der Waals surface area (Å²) in [5.41, 5.74) is 4.29. The first kappa shape index (κ1) is 18.6. The fraction of sp³-hybridized carbons (Fsp3) is 0.318. The van der Waals surface area contributed by atoms with Gasteiger partial charge in [0, 0.05) is 42.2 Å². The van der Waals surface area contributed by atoms with Gasteiger partial charge in [-0.1, -0.05) is 0 Å². The molecule has 0 bridgehead atoms. The van der Waals surface area contributed by atoms with Crippen LogP contribution in [0.25, 0.3) is 33.4 Å². The van der Waals surface area contributed by atoms with Crippen LogP contribution in [0, 0.1) is 0 Å². The number of rotatable bonds is 5. The molecular formula is C22H22N6O2. The van der Waals surface area contributed by atoms with Crippen molar-refractivity contribution in [2.45, 2.75) is 38.3 Å². The van der Waals surface area contributed by atoms with Gasteiger partial charge in [0.2, 0.25) is 0 Å². The van der Waals surface area contributed by atoms with Gasteiger partial charge in [0.25, 0.3) is 5.56 Å². The van der Waals surface area contributed by atoms with E-state index < -0.39 is 6.10 Å². The predicted octanol–water partition coefficient (Wildman–Crippen LogP) is 2.51. The molecule has 1 aliphatic carbocycles. The molecule has 152 valence electrons. The van der Waals surface area contributed by atoms with E-state index in [4.69, 9.17) is 4.98 Å². The lowest BCUT2D eigenvalue weighted by Crippen LogP contribution is -2.25. The third-order valence-electron chi connectivity index (χ3n) is 5.33. The molecule has 1 atom stereocenters. The Labute approximate surface area is 172 Å². The SMILES string of the molecule is C[C@H](O)Cn1cnc2c(-c3cnn(C)c3)nc(-c3ccc(C4CC4)nc3)cc2c1=O. The van der Waals surface area contributed by atoms with Gasteiger partial charge in [0.05, 0.1) is 36.3 Å². The molecule has 4 aromatic heterocycles. The fourth-order valence-corrected chi connectivity index (χ4v) is 3.65. The molecule has 0 saturated heterocycles. The molecular weight excluding hydrogens is 380 g/mol. The van der Waals surface area contributed by atoms with Crippen molar-refractivity contribution in [3.8, 4) is 22.5 Å². The van der Waals surface area contributed by atoms with E-state index in [1.165, 1.54) is 23.7 Å². The zero-order valence-corrected chi connectivity index (χ0v) is 16.9. The third-order valence-corrected chi connectivity index (χ3v) is 5.33. The summed E-state index contributed by atoms with van der Waals surface area (Å²) < 4.78 is 3.12. The summed E-state index contributed by atoms with van der Waals surface area (Å²) in [5.74, 6) is 0.575. The second-order valence-corrected chi connectivity index (χ2v) is 7.95. The molecule has 0 aliphatic heterocycles. The van der Waals surface area contributed by atoms with Gasteiger partial charge in [0.1, 0.15) is 11.2 Å². The van der Waals surface area contributed by atoms with Crippen LogP contribution < -0.4 is 5.56 Å². The predicted molar refractivity (Wildman–Crippen MR) is 113 cm³/mol. The summed E-state index contributed by atoms with van der Waals surface area (Å²) >= 11 is 0. The Morgan fingerprint density at radius 1 is 1.20 bits per heavy atom. The number of aliphatic hydroxyl groups is 1. The molecule has 1 aliphatic rings. The van der Waals surface area contributed by atoms with E-state index in [1.807, 2.05) is 31.6 Å². The Bertz CT molecular complexity index is 1290. The van der Waals surface area contributed by atoms with Crippen molar-refractivity contribution in [3.05, 3.63) is 59.2 Å². The Hall–Kier alpha value is -3.39. The number of fused-ring (bicyclic) bond motifs is 1. The topological polar surface area (TPSA) is 98.7 Å². The van der Waals surface area contributed by atoms with Crippen molar-refractivity contribution in [3.63, 3.8) is 0 Å². The van der Waals surface area contributed by atoms with Crippen LogP contribution in [0.3, 0.4) is 0 Å². The van der Waals surface area contributed by atoms with Gasteiger partial charge in [-0.2, -0.15) is 5.10 Å². The lowest BCUT2D eigenvalue weighted by Gasteiger charge is -2.12. The van der Waals surface area contributed by atoms with Gasteiger partial charge in [-0.25, -0.2) is 9.97 Å². The molecule has 5 rings (SSSR count). The first-order valence-corrected chi connectivity index (χ1v) is 10.0. The molecule has 0 unspecified atom stereocenters. The molecule has 0 amide bonds. The maximum atomic E-state index is 13.1. The number of hydrogen-bond donors (Lipinski definition) is 1. The number of pyridine rings is 2. The number of hydrogen-bond acceptors (Lipinski definition) is 6. The molecule has 8 nitrogen and oxygen atoms in total. The van der Waals surface area contributed by atoms with Gasteiger partial charge >= 0.3 is 0 Å². The largest absolute Gasteiger partial charge is 0.392 e. The van der Waals surface area contributed by atoms with Crippen LogP contribution in [0.1, 0.15) is 31.4 Å². The number of aromatic nitrogens is 6. The quantitative estimate of drug-likeness (QED) is 0.551. The van der Waals surface area contributed by atoms with Crippen LogP contribution in [0.5, 0.6) is 0 Å². The summed E-state index contributed by atoms with van der Waals surface area (Å²) in [4.78, 5) is 27.1. The van der Waals surface area contributed by atoms with E-state index in [0.717, 1.165) is 16.8 Å². The summed E-state index contributed by atoms with van der Waals surface area (Å²) in [6.07, 6.45) is 8.58. The molecule has 1 saturated carbocycles. The Morgan fingerprint density at radius 2 is 2.03 bits per heavy atom. The molecule has 4 heterocycles. The maximum absolute atomic E-state index is 13.1. The lowest BCUT2D eigenvalue weighted by atomic mass is 10.1. The minimum absolute atomic E-state index is 0.180. The highest BCUT2D eigenvalue weighted by Crippen LogP contribution is 2.39. The van der Waals surface area contributed by atoms with Crippen LogP contribution in [0.2, 0.25) is 0 Å². The summed E-state index contributed by atoms with van der Waals surface area (Å²) in [7, 11) is 1.83. The van der Waals surface area contributed by atoms with Crippen LogP contribution in [-0.2, 0) is 13.6 Å². The van der Waals surface area contributed by atoms with Gasteiger partial charge in [0.15, 0.2) is 0 Å². The van der Waals surface area contributed by atoms with Gasteiger partial charge < -0.3 is 5.11 Å². The van der Waals surface area contributed by atoms with Crippen molar-refractivity contribution in [1.29, 1.82) is 0 Å². The smallest absolute Gasteiger partial charge is 0.261 e. The van der Waals surface area contributed by atoms with Crippen molar-refractivity contribution in [2.24, 2.45) is 7.05 Å². The van der Waals surface area contributed by atoms with E-state index in [9.17, 15) is 9.90 Å². The zero-order valence-electron chi connectivity index (χ0n) is 16.9. The van der Waals surface area contributed by atoms with Crippen LogP contribution in [0.15, 0.2) is 47.9 Å². The third kappa shape index (κ3) is 3.39. The Balaban J connectivity index is 1.71.